The Bertz CT molecular complexity index is 418. The largest absolute Gasteiger partial charge is 0.481 e. The molecule has 1 aromatic rings. The lowest BCUT2D eigenvalue weighted by Gasteiger charge is -2.17. The van der Waals surface area contributed by atoms with Crippen LogP contribution in [0, 0.1) is 5.92 Å². The van der Waals surface area contributed by atoms with E-state index >= 15 is 0 Å². The second kappa shape index (κ2) is 4.86. The van der Waals surface area contributed by atoms with Gasteiger partial charge in [-0.3, -0.25) is 4.79 Å². The first-order chi connectivity index (χ1) is 8.16. The van der Waals surface area contributed by atoms with Crippen LogP contribution in [0.15, 0.2) is 30.3 Å². The Labute approximate surface area is 98.4 Å². The van der Waals surface area contributed by atoms with Crippen molar-refractivity contribution in [3.05, 3.63) is 35.9 Å². The van der Waals surface area contributed by atoms with Crippen LogP contribution in [-0.2, 0) is 16.0 Å². The van der Waals surface area contributed by atoms with Gasteiger partial charge in [-0.15, -0.1) is 0 Å². The van der Waals surface area contributed by atoms with Crippen molar-refractivity contribution in [1.29, 1.82) is 0 Å². The molecule has 1 aliphatic heterocycles. The molecule has 1 heterocycles. The molecule has 1 aromatic carbocycles. The first-order valence-electron chi connectivity index (χ1n) is 5.37. The molecule has 2 N–H and O–H groups in total. The van der Waals surface area contributed by atoms with Crippen LogP contribution in [0.1, 0.15) is 5.56 Å². The van der Waals surface area contributed by atoms with E-state index in [0.29, 0.717) is 6.42 Å². The van der Waals surface area contributed by atoms with Gasteiger partial charge < -0.3 is 15.2 Å². The van der Waals surface area contributed by atoms with Gasteiger partial charge in [0.05, 0.1) is 12.0 Å². The van der Waals surface area contributed by atoms with E-state index in [9.17, 15) is 14.7 Å². The summed E-state index contributed by atoms with van der Waals surface area (Å²) in [6, 6.07) is 8.87. The molecule has 5 heteroatoms. The number of nitrogens with one attached hydrogen (secondary N) is 1. The van der Waals surface area contributed by atoms with Gasteiger partial charge in [0.1, 0.15) is 6.61 Å². The summed E-state index contributed by atoms with van der Waals surface area (Å²) in [5.41, 5.74) is 0.932. The van der Waals surface area contributed by atoms with Crippen LogP contribution < -0.4 is 5.32 Å². The molecular weight excluding hydrogens is 222 g/mol. The summed E-state index contributed by atoms with van der Waals surface area (Å²) in [5, 5.41) is 11.7. The van der Waals surface area contributed by atoms with Crippen molar-refractivity contribution in [1.82, 2.24) is 5.32 Å². The van der Waals surface area contributed by atoms with Crippen LogP contribution in [0.3, 0.4) is 0 Å². The fourth-order valence-corrected chi connectivity index (χ4v) is 1.89. The maximum atomic E-state index is 11.2. The lowest BCUT2D eigenvalue weighted by Crippen LogP contribution is -2.39. The summed E-state index contributed by atoms with van der Waals surface area (Å²) in [7, 11) is 0. The Morgan fingerprint density at radius 3 is 2.71 bits per heavy atom. The van der Waals surface area contributed by atoms with Crippen molar-refractivity contribution in [3.8, 4) is 0 Å². The number of carbonyl (C=O) groups excluding carboxylic acids is 1. The van der Waals surface area contributed by atoms with E-state index in [0.717, 1.165) is 5.56 Å². The number of amides is 1. The molecule has 0 saturated carbocycles. The van der Waals surface area contributed by atoms with Crippen molar-refractivity contribution >= 4 is 12.1 Å². The number of ether oxygens (including phenoxy) is 1. The van der Waals surface area contributed by atoms with Crippen molar-refractivity contribution in [3.63, 3.8) is 0 Å². The monoisotopic (exact) mass is 235 g/mol. The lowest BCUT2D eigenvalue weighted by atomic mass is 9.93. The summed E-state index contributed by atoms with van der Waals surface area (Å²) < 4.78 is 4.72. The zero-order valence-electron chi connectivity index (χ0n) is 9.13. The van der Waals surface area contributed by atoms with Gasteiger partial charge in [-0.2, -0.15) is 0 Å². The van der Waals surface area contributed by atoms with Crippen molar-refractivity contribution in [2.24, 2.45) is 5.92 Å². The number of carbonyl (C=O) groups is 2. The first kappa shape index (κ1) is 11.4. The summed E-state index contributed by atoms with van der Waals surface area (Å²) in [6.45, 7) is 0.114. The van der Waals surface area contributed by atoms with Crippen molar-refractivity contribution in [2.75, 3.05) is 6.61 Å². The van der Waals surface area contributed by atoms with Crippen molar-refractivity contribution in [2.45, 2.75) is 12.5 Å². The minimum absolute atomic E-state index is 0.114. The Hall–Kier alpha value is -2.04. The molecule has 1 aliphatic rings. The summed E-state index contributed by atoms with van der Waals surface area (Å²) in [5.74, 6) is -1.59. The Morgan fingerprint density at radius 2 is 2.18 bits per heavy atom. The third-order valence-electron chi connectivity index (χ3n) is 2.80. The maximum absolute atomic E-state index is 11.2. The standard InChI is InChI=1S/C12H13NO4/c14-11(15)9(10-7-17-12(16)13-10)6-8-4-2-1-3-5-8/h1-5,9-10H,6-7H2,(H,13,16)(H,14,15)/t9?,10-/m0/s1. The minimum Gasteiger partial charge on any atom is -0.481 e. The molecular formula is C12H13NO4. The van der Waals surface area contributed by atoms with Crippen LogP contribution in [0.25, 0.3) is 0 Å². The molecule has 0 aliphatic carbocycles. The highest BCUT2D eigenvalue weighted by Crippen LogP contribution is 2.16. The summed E-state index contributed by atoms with van der Waals surface area (Å²) in [6.07, 6.45) is -0.167. The fraction of sp³-hybridized carbons (Fsp3) is 0.333. The third kappa shape index (κ3) is 2.75. The van der Waals surface area contributed by atoms with Gasteiger partial charge in [-0.25, -0.2) is 4.79 Å². The van der Waals surface area contributed by atoms with Gasteiger partial charge in [0, 0.05) is 0 Å². The highest BCUT2D eigenvalue weighted by molar-refractivity contribution is 5.75. The maximum Gasteiger partial charge on any atom is 0.407 e. The number of alkyl carbamates (subject to hydrolysis) is 1. The van der Waals surface area contributed by atoms with E-state index in [-0.39, 0.29) is 6.61 Å². The predicted molar refractivity (Wildman–Crippen MR) is 59.5 cm³/mol. The molecule has 90 valence electrons. The van der Waals surface area contributed by atoms with Crippen LogP contribution in [-0.4, -0.2) is 29.8 Å². The topological polar surface area (TPSA) is 75.6 Å². The predicted octanol–water partition coefficient (Wildman–Crippen LogP) is 1.04. The molecule has 1 saturated heterocycles. The van der Waals surface area contributed by atoms with Gasteiger partial charge in [0.2, 0.25) is 0 Å². The van der Waals surface area contributed by atoms with Crippen molar-refractivity contribution < 1.29 is 19.4 Å². The highest BCUT2D eigenvalue weighted by atomic mass is 16.6. The van der Waals surface area contributed by atoms with E-state index < -0.39 is 24.0 Å². The number of aliphatic carboxylic acids is 1. The number of carboxylic acids is 1. The molecule has 0 spiro atoms. The molecule has 0 aromatic heterocycles. The van der Waals surface area contributed by atoms with E-state index in [2.05, 4.69) is 5.32 Å². The van der Waals surface area contributed by atoms with Crippen LogP contribution in [0.5, 0.6) is 0 Å². The third-order valence-corrected chi connectivity index (χ3v) is 2.80. The molecule has 2 rings (SSSR count). The number of benzene rings is 1. The van der Waals surface area contributed by atoms with Gasteiger partial charge in [0.25, 0.3) is 0 Å². The van der Waals surface area contributed by atoms with Crippen LogP contribution in [0.4, 0.5) is 4.79 Å². The lowest BCUT2D eigenvalue weighted by molar-refractivity contribution is -0.142. The zero-order valence-corrected chi connectivity index (χ0v) is 9.13. The van der Waals surface area contributed by atoms with Crippen LogP contribution in [0.2, 0.25) is 0 Å². The fourth-order valence-electron chi connectivity index (χ4n) is 1.89. The molecule has 2 atom stereocenters. The second-order valence-electron chi connectivity index (χ2n) is 3.98. The van der Waals surface area contributed by atoms with Crippen LogP contribution >= 0.6 is 0 Å². The Kier molecular flexibility index (Phi) is 3.27. The van der Waals surface area contributed by atoms with Gasteiger partial charge in [0.15, 0.2) is 0 Å². The quantitative estimate of drug-likeness (QED) is 0.817. The Morgan fingerprint density at radius 1 is 1.47 bits per heavy atom. The number of carboxylic acid groups (broad SMARTS) is 1. The molecule has 0 radical (unpaired) electrons. The molecule has 5 nitrogen and oxygen atoms in total. The van der Waals surface area contributed by atoms with Gasteiger partial charge in [-0.1, -0.05) is 30.3 Å². The smallest absolute Gasteiger partial charge is 0.407 e. The molecule has 0 bridgehead atoms. The molecule has 1 unspecified atom stereocenters. The van der Waals surface area contributed by atoms with E-state index in [4.69, 9.17) is 4.74 Å². The summed E-state index contributed by atoms with van der Waals surface area (Å²) in [4.78, 5) is 22.1. The minimum atomic E-state index is -0.926. The first-order valence-corrected chi connectivity index (χ1v) is 5.37. The van der Waals surface area contributed by atoms with E-state index in [1.807, 2.05) is 30.3 Å². The van der Waals surface area contributed by atoms with Gasteiger partial charge in [-0.05, 0) is 12.0 Å². The summed E-state index contributed by atoms with van der Waals surface area (Å²) >= 11 is 0. The SMILES string of the molecule is O=C1N[C@H](C(Cc2ccccc2)C(=O)O)CO1. The average Bonchev–Trinajstić information content (AvgIpc) is 2.73. The van der Waals surface area contributed by atoms with Gasteiger partial charge >= 0.3 is 12.1 Å². The average molecular weight is 235 g/mol. The number of hydrogen-bond acceptors (Lipinski definition) is 3. The molecule has 1 fully saturated rings. The zero-order chi connectivity index (χ0) is 12.3. The van der Waals surface area contributed by atoms with E-state index in [1.54, 1.807) is 0 Å². The number of cyclic esters (lactones) is 1. The molecule has 17 heavy (non-hydrogen) atoms. The normalized spacial score (nSPS) is 20.5. The number of rotatable bonds is 4. The second-order valence-corrected chi connectivity index (χ2v) is 3.98. The Balaban J connectivity index is 2.08. The number of hydrogen-bond donors (Lipinski definition) is 2. The molecule has 1 amide bonds. The highest BCUT2D eigenvalue weighted by Gasteiger charge is 2.34. The van der Waals surface area contributed by atoms with E-state index in [1.165, 1.54) is 0 Å².